The molecule has 34 heavy (non-hydrogen) atoms. The predicted octanol–water partition coefficient (Wildman–Crippen LogP) is 4.43. The van der Waals surface area contributed by atoms with E-state index >= 15 is 0 Å². The van der Waals surface area contributed by atoms with Crippen LogP contribution in [0.2, 0.25) is 0 Å². The maximum absolute atomic E-state index is 14.0. The van der Waals surface area contributed by atoms with Crippen LogP contribution in [0.3, 0.4) is 0 Å². The summed E-state index contributed by atoms with van der Waals surface area (Å²) < 4.78 is 35.4. The number of pyridine rings is 1. The Kier molecular flexibility index (Phi) is 6.81. The van der Waals surface area contributed by atoms with Gasteiger partial charge in [-0.1, -0.05) is 6.07 Å². The van der Waals surface area contributed by atoms with Crippen molar-refractivity contribution in [3.8, 4) is 5.75 Å². The number of carboxylic acid groups (broad SMARTS) is 1. The van der Waals surface area contributed by atoms with E-state index in [9.17, 15) is 18.4 Å². The smallest absolute Gasteiger partial charge is 0.306 e. The predicted molar refractivity (Wildman–Crippen MR) is 121 cm³/mol. The van der Waals surface area contributed by atoms with Crippen LogP contribution in [0.15, 0.2) is 30.5 Å². The molecule has 180 valence electrons. The molecule has 1 saturated carbocycles. The molecule has 1 aliphatic carbocycles. The number of halogens is 2. The van der Waals surface area contributed by atoms with Crippen LogP contribution in [0.5, 0.6) is 5.75 Å². The number of hydrogen-bond donors (Lipinski definition) is 2. The number of imidazole rings is 1. The van der Waals surface area contributed by atoms with Gasteiger partial charge in [0.2, 0.25) is 0 Å². The molecule has 2 aromatic heterocycles. The van der Waals surface area contributed by atoms with Crippen LogP contribution in [0.25, 0.3) is 5.65 Å². The van der Waals surface area contributed by atoms with Crippen LogP contribution in [0.4, 0.5) is 8.78 Å². The summed E-state index contributed by atoms with van der Waals surface area (Å²) in [4.78, 5) is 28.7. The highest BCUT2D eigenvalue weighted by Crippen LogP contribution is 2.29. The monoisotopic (exact) mass is 471 g/mol. The SMILES string of the molecule is Cc1cc(OCc2c(F)cccc2F)c2nc(C)c(C(=O)NCC3CCC(C(=O)O)CC3)n2c1. The van der Waals surface area contributed by atoms with E-state index in [1.54, 1.807) is 23.6 Å². The minimum atomic E-state index is -0.755. The molecule has 1 amide bonds. The van der Waals surface area contributed by atoms with E-state index in [0.29, 0.717) is 42.2 Å². The Morgan fingerprint density at radius 2 is 1.85 bits per heavy atom. The third-order valence-electron chi connectivity index (χ3n) is 6.39. The molecule has 2 N–H and O–H groups in total. The molecule has 0 aliphatic heterocycles. The van der Waals surface area contributed by atoms with Gasteiger partial charge in [0.1, 0.15) is 23.9 Å². The second-order valence-corrected chi connectivity index (χ2v) is 8.88. The van der Waals surface area contributed by atoms with Crippen LogP contribution in [-0.4, -0.2) is 32.9 Å². The molecule has 0 saturated heterocycles. The molecule has 1 aliphatic rings. The fraction of sp³-hybridized carbons (Fsp3) is 0.400. The summed E-state index contributed by atoms with van der Waals surface area (Å²) in [6.45, 7) is 3.69. The number of amides is 1. The Balaban J connectivity index is 1.50. The van der Waals surface area contributed by atoms with Crippen molar-refractivity contribution in [2.24, 2.45) is 11.8 Å². The van der Waals surface area contributed by atoms with Crippen LogP contribution >= 0.6 is 0 Å². The Morgan fingerprint density at radius 1 is 1.18 bits per heavy atom. The van der Waals surface area contributed by atoms with E-state index in [4.69, 9.17) is 9.84 Å². The number of rotatable bonds is 7. The van der Waals surface area contributed by atoms with Crippen molar-refractivity contribution in [1.82, 2.24) is 14.7 Å². The van der Waals surface area contributed by atoms with E-state index in [-0.39, 0.29) is 29.9 Å². The van der Waals surface area contributed by atoms with Gasteiger partial charge in [0.15, 0.2) is 11.4 Å². The van der Waals surface area contributed by atoms with Crippen molar-refractivity contribution in [3.05, 3.63) is 64.6 Å². The number of ether oxygens (including phenoxy) is 1. The normalized spacial score (nSPS) is 18.1. The number of carbonyl (C=O) groups excluding carboxylic acids is 1. The molecule has 0 spiro atoms. The molecule has 0 unspecified atom stereocenters. The quantitative estimate of drug-likeness (QED) is 0.532. The van der Waals surface area contributed by atoms with Crippen molar-refractivity contribution in [2.75, 3.05) is 6.54 Å². The highest BCUT2D eigenvalue weighted by Gasteiger charge is 2.27. The molecule has 1 fully saturated rings. The van der Waals surface area contributed by atoms with E-state index in [1.165, 1.54) is 18.2 Å². The van der Waals surface area contributed by atoms with Crippen molar-refractivity contribution in [3.63, 3.8) is 0 Å². The summed E-state index contributed by atoms with van der Waals surface area (Å²) in [6.07, 6.45) is 4.51. The van der Waals surface area contributed by atoms with Crippen LogP contribution in [0, 0.1) is 37.3 Å². The van der Waals surface area contributed by atoms with Gasteiger partial charge in [-0.05, 0) is 69.2 Å². The maximum Gasteiger partial charge on any atom is 0.306 e. The first kappa shape index (κ1) is 23.7. The minimum absolute atomic E-state index is 0.180. The number of carbonyl (C=O) groups is 2. The highest BCUT2D eigenvalue weighted by atomic mass is 19.1. The summed E-state index contributed by atoms with van der Waals surface area (Å²) in [5.41, 5.74) is 1.85. The molecule has 1 aromatic carbocycles. The summed E-state index contributed by atoms with van der Waals surface area (Å²) in [7, 11) is 0. The first-order chi connectivity index (χ1) is 16.2. The van der Waals surface area contributed by atoms with Crippen molar-refractivity contribution in [2.45, 2.75) is 46.1 Å². The fourth-order valence-electron chi connectivity index (χ4n) is 4.49. The first-order valence-corrected chi connectivity index (χ1v) is 11.3. The van der Waals surface area contributed by atoms with E-state index in [2.05, 4.69) is 10.3 Å². The summed E-state index contributed by atoms with van der Waals surface area (Å²) in [5, 5.41) is 12.1. The number of carboxylic acids is 1. The van der Waals surface area contributed by atoms with E-state index in [0.717, 1.165) is 18.4 Å². The van der Waals surface area contributed by atoms with E-state index < -0.39 is 17.6 Å². The lowest BCUT2D eigenvalue weighted by Crippen LogP contribution is -2.33. The van der Waals surface area contributed by atoms with Gasteiger partial charge in [0.25, 0.3) is 5.91 Å². The zero-order valence-electron chi connectivity index (χ0n) is 19.1. The van der Waals surface area contributed by atoms with Gasteiger partial charge in [-0.3, -0.25) is 14.0 Å². The molecule has 0 atom stereocenters. The third kappa shape index (κ3) is 4.88. The molecule has 7 nitrogen and oxygen atoms in total. The number of fused-ring (bicyclic) bond motifs is 1. The zero-order chi connectivity index (χ0) is 24.4. The van der Waals surface area contributed by atoms with Gasteiger partial charge in [0, 0.05) is 12.7 Å². The van der Waals surface area contributed by atoms with Crippen LogP contribution in [-0.2, 0) is 11.4 Å². The molecular formula is C25H27F2N3O4. The van der Waals surface area contributed by atoms with Gasteiger partial charge in [-0.25, -0.2) is 13.8 Å². The fourth-order valence-corrected chi connectivity index (χ4v) is 4.49. The number of hydrogen-bond acceptors (Lipinski definition) is 4. The molecule has 3 aromatic rings. The molecule has 0 bridgehead atoms. The maximum atomic E-state index is 14.0. The van der Waals surface area contributed by atoms with Gasteiger partial charge >= 0.3 is 5.97 Å². The van der Waals surface area contributed by atoms with Gasteiger partial charge in [0.05, 0.1) is 17.2 Å². The van der Waals surface area contributed by atoms with Gasteiger partial charge < -0.3 is 15.2 Å². The standard InChI is InChI=1S/C25H27F2N3O4/c1-14-10-21(34-13-18-19(26)4-3-5-20(18)27)23-29-15(2)22(30(23)12-14)24(31)28-11-16-6-8-17(9-7-16)25(32)33/h3-5,10,12,16-17H,6-9,11,13H2,1-2H3,(H,28,31)(H,32,33). The van der Waals surface area contributed by atoms with Gasteiger partial charge in [-0.15, -0.1) is 0 Å². The van der Waals surface area contributed by atoms with Crippen LogP contribution < -0.4 is 10.1 Å². The lowest BCUT2D eigenvalue weighted by Gasteiger charge is -2.26. The first-order valence-electron chi connectivity index (χ1n) is 11.3. The largest absolute Gasteiger partial charge is 0.485 e. The zero-order valence-corrected chi connectivity index (χ0v) is 19.1. The minimum Gasteiger partial charge on any atom is -0.485 e. The summed E-state index contributed by atoms with van der Waals surface area (Å²) in [5.74, 6) is -2.18. The van der Waals surface area contributed by atoms with Crippen molar-refractivity contribution in [1.29, 1.82) is 0 Å². The van der Waals surface area contributed by atoms with Crippen LogP contribution in [0.1, 0.15) is 53.0 Å². The Hall–Kier alpha value is -3.49. The highest BCUT2D eigenvalue weighted by molar-refractivity contribution is 5.95. The number of nitrogens with zero attached hydrogens (tertiary/aromatic N) is 2. The Bertz CT molecular complexity index is 1210. The van der Waals surface area contributed by atoms with Crippen molar-refractivity contribution >= 4 is 17.5 Å². The molecule has 2 heterocycles. The number of nitrogens with one attached hydrogen (secondary N) is 1. The summed E-state index contributed by atoms with van der Waals surface area (Å²) >= 11 is 0. The Labute approximate surface area is 195 Å². The number of benzene rings is 1. The molecular weight excluding hydrogens is 444 g/mol. The number of aliphatic carboxylic acids is 1. The second kappa shape index (κ2) is 9.79. The number of aromatic nitrogens is 2. The molecule has 4 rings (SSSR count). The van der Waals surface area contributed by atoms with Crippen molar-refractivity contribution < 1.29 is 28.2 Å². The van der Waals surface area contributed by atoms with Gasteiger partial charge in [-0.2, -0.15) is 0 Å². The second-order valence-electron chi connectivity index (χ2n) is 8.88. The average molecular weight is 472 g/mol. The number of aryl methyl sites for hydroxylation is 2. The lowest BCUT2D eigenvalue weighted by molar-refractivity contribution is -0.143. The Morgan fingerprint density at radius 3 is 2.50 bits per heavy atom. The topological polar surface area (TPSA) is 92.9 Å². The summed E-state index contributed by atoms with van der Waals surface area (Å²) in [6, 6.07) is 5.34. The average Bonchev–Trinajstić information content (AvgIpc) is 3.13. The van der Waals surface area contributed by atoms with E-state index in [1.807, 2.05) is 6.92 Å². The molecule has 9 heteroatoms. The third-order valence-corrected chi connectivity index (χ3v) is 6.39. The molecule has 0 radical (unpaired) electrons. The lowest BCUT2D eigenvalue weighted by atomic mass is 9.82.